The molecule has 0 bridgehead atoms. The molecule has 2 N–H and O–H groups in total. The van der Waals surface area contributed by atoms with Gasteiger partial charge in [-0.1, -0.05) is 39.8 Å². The van der Waals surface area contributed by atoms with Crippen molar-refractivity contribution in [2.75, 3.05) is 6.54 Å². The Labute approximate surface area is 169 Å². The highest BCUT2D eigenvalue weighted by Gasteiger charge is 2.39. The lowest BCUT2D eigenvalue weighted by molar-refractivity contribution is 0.492. The topological polar surface area (TPSA) is 53.1 Å². The van der Waals surface area contributed by atoms with Crippen molar-refractivity contribution >= 4 is 19.4 Å². The van der Waals surface area contributed by atoms with Gasteiger partial charge < -0.3 is 10.2 Å². The monoisotopic (exact) mass is 395 g/mol. The number of rotatable bonds is 6. The Morgan fingerprint density at radius 1 is 1.07 bits per heavy atom. The molecular formula is C23H33N3OSi. The first kappa shape index (κ1) is 20.6. The maximum atomic E-state index is 6.48. The molecule has 0 fully saturated rings. The van der Waals surface area contributed by atoms with Gasteiger partial charge in [0.15, 0.2) is 0 Å². The van der Waals surface area contributed by atoms with Crippen molar-refractivity contribution in [1.82, 2.24) is 9.55 Å². The van der Waals surface area contributed by atoms with Gasteiger partial charge in [0.2, 0.25) is 8.32 Å². The van der Waals surface area contributed by atoms with Crippen LogP contribution in [0.25, 0.3) is 16.7 Å². The summed E-state index contributed by atoms with van der Waals surface area (Å²) >= 11 is 0. The molecule has 4 nitrogen and oxygen atoms in total. The molecule has 2 aromatic carbocycles. The van der Waals surface area contributed by atoms with Crippen LogP contribution < -0.4 is 10.2 Å². The van der Waals surface area contributed by atoms with E-state index in [1.54, 1.807) is 0 Å². The molecule has 0 radical (unpaired) electrons. The maximum Gasteiger partial charge on any atom is 0.250 e. The molecule has 0 atom stereocenters. The molecule has 3 aromatic rings. The second kappa shape index (κ2) is 7.72. The zero-order chi connectivity index (χ0) is 20.5. The van der Waals surface area contributed by atoms with Gasteiger partial charge in [-0.15, -0.1) is 0 Å². The molecule has 0 amide bonds. The lowest BCUT2D eigenvalue weighted by atomic mass is 10.1. The first-order valence-electron chi connectivity index (χ1n) is 10.2. The van der Waals surface area contributed by atoms with Gasteiger partial charge in [-0.3, -0.25) is 4.57 Å². The Morgan fingerprint density at radius 2 is 1.75 bits per heavy atom. The zero-order valence-corrected chi connectivity index (χ0v) is 19.0. The Hall–Kier alpha value is -2.11. The lowest BCUT2D eigenvalue weighted by Gasteiger charge is -2.36. The SMILES string of the molecule is CCc1nc2cc(O[Si](C)(C)C(C)(C)C)ccc2n1-c1ccc(CCN)cc1. The molecule has 150 valence electrons. The molecule has 0 saturated heterocycles. The fourth-order valence-electron chi connectivity index (χ4n) is 3.12. The number of nitrogens with zero attached hydrogens (tertiary/aromatic N) is 2. The molecule has 0 spiro atoms. The molecule has 0 aliphatic rings. The normalized spacial score (nSPS) is 12.5. The van der Waals surface area contributed by atoms with Crippen LogP contribution >= 0.6 is 0 Å². The molecule has 5 heteroatoms. The molecule has 0 aliphatic heterocycles. The van der Waals surface area contributed by atoms with Gasteiger partial charge in [-0.25, -0.2) is 4.98 Å². The van der Waals surface area contributed by atoms with E-state index in [1.807, 2.05) is 0 Å². The van der Waals surface area contributed by atoms with E-state index in [2.05, 4.69) is 87.8 Å². The standard InChI is InChI=1S/C23H33N3OSi/c1-7-22-25-20-16-19(27-28(5,6)23(2,3)4)12-13-21(20)26(22)18-10-8-17(9-11-18)14-15-24/h8-13,16H,7,14-15,24H2,1-6H3. The van der Waals surface area contributed by atoms with E-state index in [9.17, 15) is 0 Å². The van der Waals surface area contributed by atoms with Crippen molar-refractivity contribution in [3.8, 4) is 11.4 Å². The number of imidazole rings is 1. The summed E-state index contributed by atoms with van der Waals surface area (Å²) in [5, 5.41) is 0.168. The van der Waals surface area contributed by atoms with Gasteiger partial charge in [0.1, 0.15) is 11.6 Å². The number of hydrogen-bond acceptors (Lipinski definition) is 3. The summed E-state index contributed by atoms with van der Waals surface area (Å²) in [6, 6.07) is 14.9. The van der Waals surface area contributed by atoms with Crippen LogP contribution in [0, 0.1) is 0 Å². The van der Waals surface area contributed by atoms with Gasteiger partial charge >= 0.3 is 0 Å². The van der Waals surface area contributed by atoms with Gasteiger partial charge in [-0.2, -0.15) is 0 Å². The van der Waals surface area contributed by atoms with E-state index in [4.69, 9.17) is 15.1 Å². The van der Waals surface area contributed by atoms with Crippen molar-refractivity contribution < 1.29 is 4.43 Å². The molecule has 0 aliphatic carbocycles. The fraction of sp³-hybridized carbons (Fsp3) is 0.435. The van der Waals surface area contributed by atoms with Crippen molar-refractivity contribution in [2.45, 2.75) is 58.7 Å². The largest absolute Gasteiger partial charge is 0.543 e. The van der Waals surface area contributed by atoms with Gasteiger partial charge in [-0.05, 0) is 60.9 Å². The lowest BCUT2D eigenvalue weighted by Crippen LogP contribution is -2.43. The minimum absolute atomic E-state index is 0.168. The second-order valence-electron chi connectivity index (χ2n) is 8.94. The molecule has 0 unspecified atom stereocenters. The van der Waals surface area contributed by atoms with E-state index in [0.29, 0.717) is 6.54 Å². The summed E-state index contributed by atoms with van der Waals surface area (Å²) < 4.78 is 8.73. The van der Waals surface area contributed by atoms with Gasteiger partial charge in [0.25, 0.3) is 0 Å². The van der Waals surface area contributed by atoms with Crippen LogP contribution in [0.2, 0.25) is 18.1 Å². The van der Waals surface area contributed by atoms with Crippen LogP contribution in [0.15, 0.2) is 42.5 Å². The summed E-state index contributed by atoms with van der Waals surface area (Å²) in [6.07, 6.45) is 1.78. The molecular weight excluding hydrogens is 362 g/mol. The van der Waals surface area contributed by atoms with Crippen molar-refractivity contribution in [2.24, 2.45) is 5.73 Å². The Bertz CT molecular complexity index is 952. The quantitative estimate of drug-likeness (QED) is 0.563. The van der Waals surface area contributed by atoms with Crippen molar-refractivity contribution in [3.05, 3.63) is 53.9 Å². The highest BCUT2D eigenvalue weighted by atomic mass is 28.4. The summed E-state index contributed by atoms with van der Waals surface area (Å²) in [7, 11) is -1.87. The summed E-state index contributed by atoms with van der Waals surface area (Å²) in [5.41, 5.74) is 10.2. The number of fused-ring (bicyclic) bond motifs is 1. The summed E-state index contributed by atoms with van der Waals surface area (Å²) in [4.78, 5) is 4.90. The second-order valence-corrected chi connectivity index (χ2v) is 13.7. The number of aromatic nitrogens is 2. The van der Waals surface area contributed by atoms with Crippen LogP contribution in [0.4, 0.5) is 0 Å². The summed E-state index contributed by atoms with van der Waals surface area (Å²) in [5.74, 6) is 1.98. The third-order valence-corrected chi connectivity index (χ3v) is 10.2. The van der Waals surface area contributed by atoms with Crippen LogP contribution in [0.5, 0.6) is 5.75 Å². The fourth-order valence-corrected chi connectivity index (χ4v) is 4.15. The highest BCUT2D eigenvalue weighted by molar-refractivity contribution is 6.74. The Morgan fingerprint density at radius 3 is 2.32 bits per heavy atom. The predicted octanol–water partition coefficient (Wildman–Crippen LogP) is 5.47. The number of aryl methyl sites for hydroxylation is 1. The number of nitrogens with two attached hydrogens (primary N) is 1. The van der Waals surface area contributed by atoms with E-state index in [0.717, 1.165) is 41.1 Å². The first-order chi connectivity index (χ1) is 13.2. The molecule has 0 saturated carbocycles. The average molecular weight is 396 g/mol. The van der Waals surface area contributed by atoms with Crippen LogP contribution in [0.3, 0.4) is 0 Å². The van der Waals surface area contributed by atoms with E-state index in [1.165, 1.54) is 5.56 Å². The maximum absolute atomic E-state index is 6.48. The van der Waals surface area contributed by atoms with Crippen molar-refractivity contribution in [1.29, 1.82) is 0 Å². The first-order valence-corrected chi connectivity index (χ1v) is 13.1. The predicted molar refractivity (Wildman–Crippen MR) is 121 cm³/mol. The Kier molecular flexibility index (Phi) is 5.68. The smallest absolute Gasteiger partial charge is 0.250 e. The third-order valence-electron chi connectivity index (χ3n) is 5.82. The van der Waals surface area contributed by atoms with Gasteiger partial charge in [0, 0.05) is 18.2 Å². The third kappa shape index (κ3) is 4.01. The molecule has 3 rings (SSSR count). The molecule has 1 heterocycles. The van der Waals surface area contributed by atoms with Crippen molar-refractivity contribution in [3.63, 3.8) is 0 Å². The van der Waals surface area contributed by atoms with E-state index >= 15 is 0 Å². The number of hydrogen-bond donors (Lipinski definition) is 1. The molecule has 28 heavy (non-hydrogen) atoms. The average Bonchev–Trinajstić information content (AvgIpc) is 2.99. The molecule has 1 aromatic heterocycles. The minimum atomic E-state index is -1.87. The van der Waals surface area contributed by atoms with Crippen LogP contribution in [0.1, 0.15) is 39.1 Å². The van der Waals surface area contributed by atoms with E-state index in [-0.39, 0.29) is 5.04 Å². The number of benzene rings is 2. The van der Waals surface area contributed by atoms with Crippen LogP contribution in [-0.4, -0.2) is 24.4 Å². The zero-order valence-electron chi connectivity index (χ0n) is 18.0. The van der Waals surface area contributed by atoms with E-state index < -0.39 is 8.32 Å². The highest BCUT2D eigenvalue weighted by Crippen LogP contribution is 2.38. The summed E-state index contributed by atoms with van der Waals surface area (Å²) in [6.45, 7) is 14.1. The van der Waals surface area contributed by atoms with Crippen LogP contribution in [-0.2, 0) is 12.8 Å². The minimum Gasteiger partial charge on any atom is -0.543 e. The Balaban J connectivity index is 2.01. The van der Waals surface area contributed by atoms with Gasteiger partial charge in [0.05, 0.1) is 11.0 Å².